The van der Waals surface area contributed by atoms with Gasteiger partial charge in [-0.25, -0.2) is 0 Å². The summed E-state index contributed by atoms with van der Waals surface area (Å²) in [4.78, 5) is 0. The van der Waals surface area contributed by atoms with Crippen molar-refractivity contribution in [3.05, 3.63) is 47.2 Å². The van der Waals surface area contributed by atoms with Crippen molar-refractivity contribution in [3.63, 3.8) is 0 Å². The molecule has 0 aliphatic carbocycles. The summed E-state index contributed by atoms with van der Waals surface area (Å²) in [6, 6.07) is 6.61. The lowest BCUT2D eigenvalue weighted by molar-refractivity contribution is -0.0925. The van der Waals surface area contributed by atoms with E-state index in [4.69, 9.17) is 11.1 Å². The van der Waals surface area contributed by atoms with Gasteiger partial charge in [-0.2, -0.15) is 13.2 Å². The number of nitrogens with two attached hydrogens (primary N) is 1. The standard InChI is InChI=1S/C11H11F3N2/c1-7-2-4-8(5-3-7)9(15)6-10(16)11(12,13)14/h2-6,15H,16H2,1H3/b10-6-,15-9?. The van der Waals surface area contributed by atoms with E-state index in [9.17, 15) is 13.2 Å². The van der Waals surface area contributed by atoms with Gasteiger partial charge < -0.3 is 11.1 Å². The van der Waals surface area contributed by atoms with E-state index < -0.39 is 11.9 Å². The maximum Gasteiger partial charge on any atom is 0.430 e. The second-order valence-corrected chi connectivity index (χ2v) is 3.38. The summed E-state index contributed by atoms with van der Waals surface area (Å²) in [5.74, 6) is 0. The number of aryl methyl sites for hydroxylation is 1. The number of allylic oxidation sites excluding steroid dienone is 2. The number of hydrogen-bond acceptors (Lipinski definition) is 2. The molecule has 0 bridgehead atoms. The van der Waals surface area contributed by atoms with Gasteiger partial charge in [0.25, 0.3) is 0 Å². The minimum atomic E-state index is -4.59. The Balaban J connectivity index is 2.92. The molecular weight excluding hydrogens is 217 g/mol. The Morgan fingerprint density at radius 2 is 1.75 bits per heavy atom. The Morgan fingerprint density at radius 1 is 1.25 bits per heavy atom. The molecule has 0 atom stereocenters. The minimum Gasteiger partial charge on any atom is -0.395 e. The SMILES string of the molecule is Cc1ccc(C(=N)/C=C(\N)C(F)(F)F)cc1. The molecule has 1 rings (SSSR count). The maximum atomic E-state index is 12.1. The molecule has 0 fully saturated rings. The lowest BCUT2D eigenvalue weighted by atomic mass is 10.1. The highest BCUT2D eigenvalue weighted by molar-refractivity contribution is 6.06. The van der Waals surface area contributed by atoms with Crippen molar-refractivity contribution in [2.45, 2.75) is 13.1 Å². The molecule has 0 amide bonds. The van der Waals surface area contributed by atoms with Crippen LogP contribution < -0.4 is 5.73 Å². The fraction of sp³-hybridized carbons (Fsp3) is 0.182. The van der Waals surface area contributed by atoms with Crippen LogP contribution in [0.4, 0.5) is 13.2 Å². The van der Waals surface area contributed by atoms with Crippen LogP contribution >= 0.6 is 0 Å². The first kappa shape index (κ1) is 12.3. The van der Waals surface area contributed by atoms with Gasteiger partial charge in [-0.05, 0) is 18.6 Å². The second kappa shape index (κ2) is 4.38. The van der Waals surface area contributed by atoms with Gasteiger partial charge in [-0.1, -0.05) is 29.8 Å². The fourth-order valence-electron chi connectivity index (χ4n) is 1.05. The van der Waals surface area contributed by atoms with Crippen LogP contribution in [0.1, 0.15) is 11.1 Å². The Morgan fingerprint density at radius 3 is 2.19 bits per heavy atom. The number of rotatable bonds is 2. The summed E-state index contributed by atoms with van der Waals surface area (Å²) in [6.07, 6.45) is -3.97. The average molecular weight is 228 g/mol. The summed E-state index contributed by atoms with van der Waals surface area (Å²) >= 11 is 0. The van der Waals surface area contributed by atoms with E-state index in [0.717, 1.165) is 5.56 Å². The first-order valence-electron chi connectivity index (χ1n) is 4.50. The number of nitrogens with one attached hydrogen (secondary N) is 1. The highest BCUT2D eigenvalue weighted by atomic mass is 19.4. The molecule has 2 nitrogen and oxygen atoms in total. The molecule has 0 unspecified atom stereocenters. The van der Waals surface area contributed by atoms with Gasteiger partial charge in [0.15, 0.2) is 0 Å². The summed E-state index contributed by atoms with van der Waals surface area (Å²) in [5, 5.41) is 7.45. The topological polar surface area (TPSA) is 49.9 Å². The third-order valence-corrected chi connectivity index (χ3v) is 1.99. The third-order valence-electron chi connectivity index (χ3n) is 1.99. The molecule has 1 aromatic carbocycles. The van der Waals surface area contributed by atoms with E-state index in [-0.39, 0.29) is 5.71 Å². The van der Waals surface area contributed by atoms with Gasteiger partial charge in [0.2, 0.25) is 0 Å². The molecule has 0 radical (unpaired) electrons. The van der Waals surface area contributed by atoms with Crippen LogP contribution in [0, 0.1) is 12.3 Å². The van der Waals surface area contributed by atoms with E-state index in [1.54, 1.807) is 24.3 Å². The summed E-state index contributed by atoms with van der Waals surface area (Å²) < 4.78 is 36.3. The zero-order valence-corrected chi connectivity index (χ0v) is 8.60. The first-order valence-corrected chi connectivity index (χ1v) is 4.50. The van der Waals surface area contributed by atoms with E-state index in [1.807, 2.05) is 6.92 Å². The molecule has 86 valence electrons. The van der Waals surface area contributed by atoms with E-state index in [0.29, 0.717) is 11.6 Å². The Bertz CT molecular complexity index is 416. The van der Waals surface area contributed by atoms with Gasteiger partial charge >= 0.3 is 6.18 Å². The van der Waals surface area contributed by atoms with Crippen molar-refractivity contribution in [2.24, 2.45) is 5.73 Å². The zero-order chi connectivity index (χ0) is 12.3. The van der Waals surface area contributed by atoms with Crippen LogP contribution in [0.5, 0.6) is 0 Å². The summed E-state index contributed by atoms with van der Waals surface area (Å²) in [5.41, 5.74) is 4.67. The highest BCUT2D eigenvalue weighted by Gasteiger charge is 2.31. The third kappa shape index (κ3) is 3.12. The van der Waals surface area contributed by atoms with Gasteiger partial charge in [0.1, 0.15) is 5.70 Å². The molecule has 0 heterocycles. The van der Waals surface area contributed by atoms with Gasteiger partial charge in [0, 0.05) is 0 Å². The molecule has 0 spiro atoms. The molecular formula is C11H11F3N2. The van der Waals surface area contributed by atoms with Crippen molar-refractivity contribution in [2.75, 3.05) is 0 Å². The minimum absolute atomic E-state index is 0.255. The predicted octanol–water partition coefficient (Wildman–Crippen LogP) is 2.77. The van der Waals surface area contributed by atoms with E-state index in [1.165, 1.54) is 0 Å². The fourth-order valence-corrected chi connectivity index (χ4v) is 1.05. The van der Waals surface area contributed by atoms with Crippen molar-refractivity contribution in [1.29, 1.82) is 5.41 Å². The first-order chi connectivity index (χ1) is 7.30. The van der Waals surface area contributed by atoms with Crippen molar-refractivity contribution in [3.8, 4) is 0 Å². The lowest BCUT2D eigenvalue weighted by Crippen LogP contribution is -2.20. The predicted molar refractivity (Wildman–Crippen MR) is 56.3 cm³/mol. The molecule has 0 aliphatic heterocycles. The molecule has 0 saturated carbocycles. The van der Waals surface area contributed by atoms with Crippen LogP contribution in [0.15, 0.2) is 36.0 Å². The molecule has 5 heteroatoms. The summed E-state index contributed by atoms with van der Waals surface area (Å²) in [7, 11) is 0. The zero-order valence-electron chi connectivity index (χ0n) is 8.60. The monoisotopic (exact) mass is 228 g/mol. The average Bonchev–Trinajstić information content (AvgIpc) is 2.17. The Labute approximate surface area is 91.1 Å². The van der Waals surface area contributed by atoms with Crippen molar-refractivity contribution in [1.82, 2.24) is 0 Å². The number of benzene rings is 1. The van der Waals surface area contributed by atoms with Crippen molar-refractivity contribution < 1.29 is 13.2 Å². The van der Waals surface area contributed by atoms with E-state index in [2.05, 4.69) is 0 Å². The molecule has 3 N–H and O–H groups in total. The lowest BCUT2D eigenvalue weighted by Gasteiger charge is -2.06. The number of hydrogen-bond donors (Lipinski definition) is 2. The van der Waals surface area contributed by atoms with Crippen LogP contribution in [-0.4, -0.2) is 11.9 Å². The maximum absolute atomic E-state index is 12.1. The molecule has 16 heavy (non-hydrogen) atoms. The molecule has 0 saturated heterocycles. The number of halogens is 3. The molecule has 0 aliphatic rings. The summed E-state index contributed by atoms with van der Waals surface area (Å²) in [6.45, 7) is 1.85. The van der Waals surface area contributed by atoms with Gasteiger partial charge in [0.05, 0.1) is 5.71 Å². The van der Waals surface area contributed by atoms with Crippen LogP contribution in [-0.2, 0) is 0 Å². The van der Waals surface area contributed by atoms with Gasteiger partial charge in [-0.3, -0.25) is 0 Å². The van der Waals surface area contributed by atoms with Crippen molar-refractivity contribution >= 4 is 5.71 Å². The van der Waals surface area contributed by atoms with E-state index >= 15 is 0 Å². The quantitative estimate of drug-likeness (QED) is 0.751. The second-order valence-electron chi connectivity index (χ2n) is 3.38. The number of alkyl halides is 3. The molecule has 1 aromatic rings. The van der Waals surface area contributed by atoms with Gasteiger partial charge in [-0.15, -0.1) is 0 Å². The highest BCUT2D eigenvalue weighted by Crippen LogP contribution is 2.21. The normalized spacial score (nSPS) is 12.6. The largest absolute Gasteiger partial charge is 0.430 e. The Hall–Kier alpha value is -1.78. The van der Waals surface area contributed by atoms with Crippen LogP contribution in [0.25, 0.3) is 0 Å². The molecule has 0 aromatic heterocycles. The van der Waals surface area contributed by atoms with Crippen LogP contribution in [0.3, 0.4) is 0 Å². The Kier molecular flexibility index (Phi) is 3.37. The van der Waals surface area contributed by atoms with Crippen LogP contribution in [0.2, 0.25) is 0 Å². The smallest absolute Gasteiger partial charge is 0.395 e.